The second-order valence-electron chi connectivity index (χ2n) is 16.5. The fourth-order valence-electron chi connectivity index (χ4n) is 8.37. The number of methoxy groups -OCH3 is 2. The Morgan fingerprint density at radius 3 is 1.28 bits per heavy atom. The van der Waals surface area contributed by atoms with Crippen molar-refractivity contribution in [1.29, 1.82) is 0 Å². The van der Waals surface area contributed by atoms with E-state index in [9.17, 15) is 52.8 Å². The molecule has 2 aliphatic rings. The van der Waals surface area contributed by atoms with Crippen LogP contribution in [0.15, 0.2) is 138 Å². The molecule has 4 aromatic carbocycles. The summed E-state index contributed by atoms with van der Waals surface area (Å²) in [4.78, 5) is 24.3. The van der Waals surface area contributed by atoms with Gasteiger partial charge in [-0.25, -0.2) is 25.6 Å². The Morgan fingerprint density at radius 1 is 0.569 bits per heavy atom. The van der Waals surface area contributed by atoms with Crippen molar-refractivity contribution >= 4 is 53.5 Å². The van der Waals surface area contributed by atoms with E-state index < -0.39 is 88.6 Å². The van der Waals surface area contributed by atoms with Gasteiger partial charge in [0, 0.05) is 47.2 Å². The number of alkyl halides is 6. The molecule has 4 heterocycles. The van der Waals surface area contributed by atoms with Crippen molar-refractivity contribution in [3.05, 3.63) is 153 Å². The highest BCUT2D eigenvalue weighted by molar-refractivity contribution is 7.93. The summed E-state index contributed by atoms with van der Waals surface area (Å²) < 4.78 is 185. The number of fused-ring (bicyclic) bond motifs is 2. The maximum atomic E-state index is 15.1. The number of hydrogen-bond donors (Lipinski definition) is 2. The molecule has 4 aromatic heterocycles. The maximum Gasteiger partial charge on any atom is 0.392 e. The van der Waals surface area contributed by atoms with Gasteiger partial charge in [0.15, 0.2) is 11.6 Å². The van der Waals surface area contributed by atoms with Gasteiger partial charge in [-0.15, -0.1) is 0 Å². The van der Waals surface area contributed by atoms with Gasteiger partial charge in [-0.2, -0.15) is 26.3 Å². The molecule has 0 bridgehead atoms. The molecule has 0 unspecified atom stereocenters. The highest BCUT2D eigenvalue weighted by atomic mass is 32.2. The average Bonchev–Trinajstić information content (AvgIpc) is 4.21. The number of halogens is 8. The minimum Gasteiger partial charge on any atom is -0.495 e. The first-order valence-electron chi connectivity index (χ1n) is 21.1. The minimum absolute atomic E-state index is 0.0334. The zero-order chi connectivity index (χ0) is 51.7. The number of anilines is 2. The van der Waals surface area contributed by atoms with E-state index >= 15 is 8.78 Å². The zero-order valence-corrected chi connectivity index (χ0v) is 38.5. The van der Waals surface area contributed by atoms with Crippen molar-refractivity contribution < 1.29 is 70.5 Å². The van der Waals surface area contributed by atoms with Crippen molar-refractivity contribution in [2.75, 3.05) is 23.7 Å². The van der Waals surface area contributed by atoms with Gasteiger partial charge in [0.05, 0.1) is 48.5 Å². The smallest absolute Gasteiger partial charge is 0.392 e. The number of rotatable bonds is 12. The second kappa shape index (κ2) is 18.1. The average molecular weight is 1050 g/mol. The summed E-state index contributed by atoms with van der Waals surface area (Å²) >= 11 is 0. The van der Waals surface area contributed by atoms with Crippen molar-refractivity contribution in [1.82, 2.24) is 19.4 Å². The van der Waals surface area contributed by atoms with E-state index in [0.29, 0.717) is 11.1 Å². The summed E-state index contributed by atoms with van der Waals surface area (Å²) in [6, 6.07) is 20.0. The number of hydrogen-bond acceptors (Lipinski definition) is 12. The Bertz CT molecular complexity index is 3510. The molecule has 0 saturated heterocycles. The molecule has 376 valence electrons. The Balaban J connectivity index is 0.000000178. The van der Waals surface area contributed by atoms with Crippen molar-refractivity contribution in [2.45, 2.75) is 46.8 Å². The molecule has 0 amide bonds. The Labute approximate surface area is 400 Å². The van der Waals surface area contributed by atoms with Crippen LogP contribution in [0.5, 0.6) is 11.5 Å². The molecule has 16 nitrogen and oxygen atoms in total. The topological polar surface area (TPSA) is 207 Å². The van der Waals surface area contributed by atoms with Crippen LogP contribution in [0.3, 0.4) is 0 Å². The molecule has 2 aliphatic carbocycles. The van der Waals surface area contributed by atoms with Crippen molar-refractivity contribution in [3.63, 3.8) is 0 Å². The van der Waals surface area contributed by atoms with Gasteiger partial charge in [0.25, 0.3) is 31.2 Å². The van der Waals surface area contributed by atoms with Crippen LogP contribution in [0.1, 0.15) is 35.8 Å². The molecular weight excluding hydrogens is 1010 g/mol. The van der Waals surface area contributed by atoms with Crippen molar-refractivity contribution in [2.24, 2.45) is 11.8 Å². The van der Waals surface area contributed by atoms with Gasteiger partial charge in [-0.1, -0.05) is 22.4 Å². The van der Waals surface area contributed by atoms with Crippen LogP contribution in [-0.2, 0) is 20.0 Å². The third-order valence-electron chi connectivity index (χ3n) is 12.0. The van der Waals surface area contributed by atoms with Gasteiger partial charge >= 0.3 is 12.4 Å². The van der Waals surface area contributed by atoms with Crippen LogP contribution in [-0.4, -0.2) is 62.9 Å². The lowest BCUT2D eigenvalue weighted by molar-refractivity contribution is -0.149. The number of benzene rings is 4. The summed E-state index contributed by atoms with van der Waals surface area (Å²) in [6.07, 6.45) is -6.41. The SMILES string of the molecule is COc1cc([C@@H]2C[C@H]2C(F)(F)F)ccc1-n1c(=O)ccc2cc(S(=O)(=O)Nc3ccon3)c(F)cc21.COc1cc([C@H]2C[C@@H]2C(F)(F)F)ccc1-n1c(=O)ccc2cc(S(=O)(=O)Nc3ccon3)c(F)cc21. The van der Waals surface area contributed by atoms with E-state index in [2.05, 4.69) is 28.8 Å². The van der Waals surface area contributed by atoms with Crippen LogP contribution >= 0.6 is 0 Å². The lowest BCUT2D eigenvalue weighted by Gasteiger charge is -2.16. The fraction of sp³-hybridized carbons (Fsp3) is 0.217. The number of ether oxygens (including phenoxy) is 2. The summed E-state index contributed by atoms with van der Waals surface area (Å²) in [5.74, 6) is -6.64. The van der Waals surface area contributed by atoms with E-state index in [0.717, 1.165) is 58.1 Å². The van der Waals surface area contributed by atoms with Gasteiger partial charge in [0.1, 0.15) is 45.5 Å². The summed E-state index contributed by atoms with van der Waals surface area (Å²) in [5, 5.41) is 7.29. The monoisotopic (exact) mass is 1050 g/mol. The second-order valence-corrected chi connectivity index (χ2v) is 19.8. The van der Waals surface area contributed by atoms with E-state index in [1.807, 2.05) is 0 Å². The number of pyridine rings is 2. The van der Waals surface area contributed by atoms with Crippen LogP contribution in [0.4, 0.5) is 46.8 Å². The highest BCUT2D eigenvalue weighted by Crippen LogP contribution is 2.57. The Morgan fingerprint density at radius 2 is 0.958 bits per heavy atom. The van der Waals surface area contributed by atoms with Gasteiger partial charge in [-0.05, 0) is 84.3 Å². The summed E-state index contributed by atoms with van der Waals surface area (Å²) in [7, 11) is -6.17. The summed E-state index contributed by atoms with van der Waals surface area (Å²) in [6.45, 7) is 0. The molecule has 2 saturated carbocycles. The van der Waals surface area contributed by atoms with Crippen LogP contribution in [0.25, 0.3) is 33.2 Å². The molecule has 0 radical (unpaired) electrons. The standard InChI is InChI=1S/2C23H17F4N3O5S/c2*1-34-19-8-12(14-10-15(14)23(25,26)27)2-4-17(19)30-18-11-16(24)20(9-13(18)3-5-22(30)31)36(32,33)29-21-6-7-35-28-21/h2*2-9,11,14-15H,10H2,1H3,(H,28,29)/t2*14-,15+/m10/s1. The quantitative estimate of drug-likeness (QED) is 0.110. The van der Waals surface area contributed by atoms with E-state index in [-0.39, 0.29) is 69.2 Å². The largest absolute Gasteiger partial charge is 0.495 e. The molecule has 4 atom stereocenters. The normalized spacial score (nSPS) is 17.8. The lowest BCUT2D eigenvalue weighted by atomic mass is 10.1. The zero-order valence-electron chi connectivity index (χ0n) is 36.8. The third kappa shape index (κ3) is 9.57. The highest BCUT2D eigenvalue weighted by Gasteiger charge is 2.57. The first-order chi connectivity index (χ1) is 34.0. The molecule has 2 N–H and O–H groups in total. The molecule has 26 heteroatoms. The predicted molar refractivity (Wildman–Crippen MR) is 241 cm³/mol. The van der Waals surface area contributed by atoms with E-state index in [4.69, 9.17) is 9.47 Å². The number of aromatic nitrogens is 4. The van der Waals surface area contributed by atoms with Crippen molar-refractivity contribution in [3.8, 4) is 22.9 Å². The molecular formula is C46H34F8N6O10S2. The molecule has 0 aliphatic heterocycles. The molecule has 10 rings (SSSR count). The predicted octanol–water partition coefficient (Wildman–Crippen LogP) is 9.19. The number of nitrogens with zero attached hydrogens (tertiary/aromatic N) is 4. The summed E-state index contributed by atoms with van der Waals surface area (Å²) in [5.41, 5.74) is 0.0489. The molecule has 72 heavy (non-hydrogen) atoms. The van der Waals surface area contributed by atoms with Crippen LogP contribution in [0.2, 0.25) is 0 Å². The van der Waals surface area contributed by atoms with E-state index in [1.165, 1.54) is 74.9 Å². The van der Waals surface area contributed by atoms with E-state index in [1.54, 1.807) is 0 Å². The fourth-order valence-corrected chi connectivity index (χ4v) is 10.6. The lowest BCUT2D eigenvalue weighted by Crippen LogP contribution is -2.19. The number of nitrogens with one attached hydrogen (secondary N) is 2. The minimum atomic E-state index is -4.38. The first-order valence-corrected chi connectivity index (χ1v) is 24.0. The maximum absolute atomic E-state index is 15.1. The first kappa shape index (κ1) is 49.2. The Kier molecular flexibility index (Phi) is 12.4. The molecule has 0 spiro atoms. The van der Waals surface area contributed by atoms with Gasteiger partial charge in [0.2, 0.25) is 0 Å². The third-order valence-corrected chi connectivity index (χ3v) is 14.7. The van der Waals surface area contributed by atoms with Crippen LogP contribution in [0, 0.1) is 23.5 Å². The van der Waals surface area contributed by atoms with Gasteiger partial charge in [-0.3, -0.25) is 28.2 Å². The van der Waals surface area contributed by atoms with Crippen LogP contribution < -0.4 is 30.0 Å². The Hall–Kier alpha value is -7.74. The van der Waals surface area contributed by atoms with Gasteiger partial charge < -0.3 is 18.5 Å². The molecule has 8 aromatic rings. The molecule has 2 fully saturated rings. The number of sulfonamides is 2.